The molecule has 212 valence electrons. The van der Waals surface area contributed by atoms with Crippen LogP contribution in [0.1, 0.15) is 110 Å². The van der Waals surface area contributed by atoms with Crippen LogP contribution in [0.4, 0.5) is 0 Å². The number of fused-ring (bicyclic) bond motifs is 4. The Morgan fingerprint density at radius 1 is 1.03 bits per heavy atom. The third kappa shape index (κ3) is 4.15. The fraction of sp³-hybridized carbons (Fsp3) is 0.818. The van der Waals surface area contributed by atoms with Crippen LogP contribution in [0.15, 0.2) is 29.2 Å². The summed E-state index contributed by atoms with van der Waals surface area (Å²) in [6, 6.07) is 7.00. The molecule has 5 fully saturated rings. The maximum absolute atomic E-state index is 13.1. The Bertz CT molecular complexity index is 1130. The molecule has 0 radical (unpaired) electrons. The number of ether oxygens (including phenoxy) is 1. The highest BCUT2D eigenvalue weighted by atomic mass is 32.2. The third-order valence-electron chi connectivity index (χ3n) is 12.6. The highest BCUT2D eigenvalue weighted by Crippen LogP contribution is 2.74. The summed E-state index contributed by atoms with van der Waals surface area (Å²) in [4.78, 5) is 0.261. The molecule has 4 saturated carbocycles. The maximum Gasteiger partial charge on any atom is 0.297 e. The minimum atomic E-state index is -3.76. The van der Waals surface area contributed by atoms with Crippen molar-refractivity contribution in [3.8, 4) is 0 Å². The standard InChI is InChI=1S/C33H50O4S/c1-6-7-8-9-23(3)27-14-15-28-26-20-30-33(36-30)21-24(37-38(34,35)25-12-10-22(2)11-13-25)16-19-32(33,5)29(26)17-18-31(27,28)4/h10-13,23-24,26-30H,6-9,14-21H2,1-5H3/t23-,24+,26+,27-,28+,29+,30+,31-,32-,33+/m1/s1. The number of rotatable bonds is 8. The number of benzene rings is 1. The molecule has 1 heterocycles. The van der Waals surface area contributed by atoms with Crippen LogP contribution < -0.4 is 0 Å². The maximum atomic E-state index is 13.1. The van der Waals surface area contributed by atoms with E-state index in [0.717, 1.165) is 48.5 Å². The minimum Gasteiger partial charge on any atom is -0.365 e. The molecule has 10 atom stereocenters. The minimum absolute atomic E-state index is 0.139. The number of unbranched alkanes of at least 4 members (excludes halogenated alkanes) is 2. The second-order valence-electron chi connectivity index (χ2n) is 14.5. The molecule has 0 unspecified atom stereocenters. The van der Waals surface area contributed by atoms with E-state index in [1.165, 1.54) is 57.8 Å². The van der Waals surface area contributed by atoms with Crippen molar-refractivity contribution in [2.24, 2.45) is 40.4 Å². The Hall–Kier alpha value is -0.910. The van der Waals surface area contributed by atoms with Gasteiger partial charge in [-0.25, -0.2) is 0 Å². The van der Waals surface area contributed by atoms with Crippen LogP contribution in [-0.4, -0.2) is 26.2 Å². The van der Waals surface area contributed by atoms with Crippen molar-refractivity contribution >= 4 is 10.1 Å². The summed E-state index contributed by atoms with van der Waals surface area (Å²) in [5, 5.41) is 0. The fourth-order valence-corrected chi connectivity index (χ4v) is 11.7. The lowest BCUT2D eigenvalue weighted by Gasteiger charge is -2.59. The molecule has 0 aromatic heterocycles. The van der Waals surface area contributed by atoms with Crippen molar-refractivity contribution in [2.45, 2.75) is 134 Å². The van der Waals surface area contributed by atoms with Gasteiger partial charge >= 0.3 is 0 Å². The van der Waals surface area contributed by atoms with E-state index in [1.807, 2.05) is 19.1 Å². The van der Waals surface area contributed by atoms with E-state index in [1.54, 1.807) is 12.1 Å². The van der Waals surface area contributed by atoms with E-state index in [4.69, 9.17) is 8.92 Å². The van der Waals surface area contributed by atoms with Crippen LogP contribution in [0, 0.1) is 47.3 Å². The first kappa shape index (κ1) is 27.3. The normalized spacial score (nSPS) is 44.4. The van der Waals surface area contributed by atoms with Crippen LogP contribution in [0.5, 0.6) is 0 Å². The molecule has 4 nitrogen and oxygen atoms in total. The Balaban J connectivity index is 1.16. The van der Waals surface area contributed by atoms with Gasteiger partial charge in [0, 0.05) is 11.8 Å². The quantitative estimate of drug-likeness (QED) is 0.189. The molecule has 1 saturated heterocycles. The Morgan fingerprint density at radius 3 is 2.53 bits per heavy atom. The molecule has 0 bridgehead atoms. The topological polar surface area (TPSA) is 55.9 Å². The lowest BCUT2D eigenvalue weighted by Crippen LogP contribution is -2.59. The molecule has 1 aromatic rings. The monoisotopic (exact) mass is 542 g/mol. The Labute approximate surface area is 231 Å². The largest absolute Gasteiger partial charge is 0.365 e. The molecule has 0 amide bonds. The van der Waals surface area contributed by atoms with Crippen LogP contribution in [0.3, 0.4) is 0 Å². The number of hydrogen-bond acceptors (Lipinski definition) is 4. The summed E-state index contributed by atoms with van der Waals surface area (Å²) in [7, 11) is -3.76. The van der Waals surface area contributed by atoms with Gasteiger partial charge in [-0.1, -0.05) is 71.1 Å². The van der Waals surface area contributed by atoms with Crippen molar-refractivity contribution < 1.29 is 17.3 Å². The zero-order valence-electron chi connectivity index (χ0n) is 24.4. The van der Waals surface area contributed by atoms with Gasteiger partial charge in [0.2, 0.25) is 0 Å². The Kier molecular flexibility index (Phi) is 6.88. The zero-order valence-corrected chi connectivity index (χ0v) is 25.2. The highest BCUT2D eigenvalue weighted by Gasteiger charge is 2.76. The van der Waals surface area contributed by atoms with Crippen LogP contribution in [0.2, 0.25) is 0 Å². The van der Waals surface area contributed by atoms with Gasteiger partial charge in [0.15, 0.2) is 0 Å². The molecular formula is C33H50O4S. The van der Waals surface area contributed by atoms with Gasteiger partial charge in [-0.3, -0.25) is 4.18 Å². The van der Waals surface area contributed by atoms with Crippen molar-refractivity contribution in [3.63, 3.8) is 0 Å². The Morgan fingerprint density at radius 2 is 1.79 bits per heavy atom. The van der Waals surface area contributed by atoms with Gasteiger partial charge in [-0.05, 0) is 99.0 Å². The van der Waals surface area contributed by atoms with E-state index in [0.29, 0.717) is 11.3 Å². The van der Waals surface area contributed by atoms with E-state index in [9.17, 15) is 8.42 Å². The lowest BCUT2D eigenvalue weighted by atomic mass is 9.44. The van der Waals surface area contributed by atoms with Gasteiger partial charge in [-0.15, -0.1) is 0 Å². The predicted octanol–water partition coefficient (Wildman–Crippen LogP) is 8.08. The number of hydrogen-bond donors (Lipinski definition) is 0. The SMILES string of the molecule is CCCCC[C@@H](C)[C@H]1CC[C@H]2[C@@H]3C[C@@H]4O[C@@]45C[C@@H](OS(=O)(=O)c4ccc(C)cc4)CC[C@]5(C)[C@H]3CC[C@]12C. The second-order valence-corrected chi connectivity index (χ2v) is 16.0. The van der Waals surface area contributed by atoms with Crippen molar-refractivity contribution in [2.75, 3.05) is 0 Å². The van der Waals surface area contributed by atoms with Gasteiger partial charge in [0.05, 0.1) is 17.1 Å². The van der Waals surface area contributed by atoms with E-state index in [-0.39, 0.29) is 28.1 Å². The number of epoxide rings is 1. The third-order valence-corrected chi connectivity index (χ3v) is 14.0. The van der Waals surface area contributed by atoms with Gasteiger partial charge in [-0.2, -0.15) is 8.42 Å². The van der Waals surface area contributed by atoms with E-state index < -0.39 is 10.1 Å². The summed E-state index contributed by atoms with van der Waals surface area (Å²) in [5.74, 6) is 4.01. The molecule has 1 aromatic carbocycles. The first-order valence-electron chi connectivity index (χ1n) is 15.7. The smallest absolute Gasteiger partial charge is 0.297 e. The predicted molar refractivity (Wildman–Crippen MR) is 151 cm³/mol. The van der Waals surface area contributed by atoms with Crippen LogP contribution in [0.25, 0.3) is 0 Å². The fourth-order valence-electron chi connectivity index (χ4n) is 10.6. The molecule has 1 aliphatic heterocycles. The second kappa shape index (κ2) is 9.58. The van der Waals surface area contributed by atoms with Crippen molar-refractivity contribution in [3.05, 3.63) is 29.8 Å². The average molecular weight is 543 g/mol. The van der Waals surface area contributed by atoms with E-state index in [2.05, 4.69) is 27.7 Å². The zero-order chi connectivity index (χ0) is 26.9. The van der Waals surface area contributed by atoms with Crippen molar-refractivity contribution in [1.29, 1.82) is 0 Å². The number of aryl methyl sites for hydroxylation is 1. The van der Waals surface area contributed by atoms with Gasteiger partial charge in [0.25, 0.3) is 10.1 Å². The molecule has 0 N–H and O–H groups in total. The molecule has 4 aliphatic carbocycles. The summed E-state index contributed by atoms with van der Waals surface area (Å²) < 4.78 is 38.7. The molecular weight excluding hydrogens is 492 g/mol. The van der Waals surface area contributed by atoms with Crippen LogP contribution >= 0.6 is 0 Å². The van der Waals surface area contributed by atoms with E-state index >= 15 is 0 Å². The lowest BCUT2D eigenvalue weighted by molar-refractivity contribution is -0.113. The summed E-state index contributed by atoms with van der Waals surface area (Å²) >= 11 is 0. The van der Waals surface area contributed by atoms with Gasteiger partial charge in [0.1, 0.15) is 5.60 Å². The molecule has 5 aliphatic rings. The van der Waals surface area contributed by atoms with Gasteiger partial charge < -0.3 is 4.74 Å². The summed E-state index contributed by atoms with van der Waals surface area (Å²) in [6.07, 6.45) is 14.7. The molecule has 6 rings (SSSR count). The molecule has 5 heteroatoms. The van der Waals surface area contributed by atoms with Crippen molar-refractivity contribution in [1.82, 2.24) is 0 Å². The first-order valence-corrected chi connectivity index (χ1v) is 17.1. The average Bonchev–Trinajstić information content (AvgIpc) is 3.45. The molecule has 1 spiro atoms. The highest BCUT2D eigenvalue weighted by molar-refractivity contribution is 7.86. The summed E-state index contributed by atoms with van der Waals surface area (Å²) in [6.45, 7) is 12.0. The summed E-state index contributed by atoms with van der Waals surface area (Å²) in [5.41, 5.74) is 1.49. The molecule has 38 heavy (non-hydrogen) atoms. The van der Waals surface area contributed by atoms with Crippen LogP contribution in [-0.2, 0) is 19.0 Å². The first-order chi connectivity index (χ1) is 18.0.